The lowest BCUT2D eigenvalue weighted by molar-refractivity contribution is -0.140. The first kappa shape index (κ1) is 33.0. The van der Waals surface area contributed by atoms with Crippen molar-refractivity contribution in [2.24, 2.45) is 5.92 Å². The Labute approximate surface area is 251 Å². The first-order chi connectivity index (χ1) is 20.2. The summed E-state index contributed by atoms with van der Waals surface area (Å²) in [6, 6.07) is 10.0. The number of carbonyl (C=O) groups excluding carboxylic acids is 2. The number of Topliss-reactive ketones (excluding diaryl/α,β-unsaturated/α-hetero) is 1. The Balaban J connectivity index is 2.07. The first-order valence-electron chi connectivity index (χ1n) is 15.2. The number of amides is 1. The van der Waals surface area contributed by atoms with Gasteiger partial charge in [0.25, 0.3) is 11.7 Å². The number of rotatable bonds is 16. The van der Waals surface area contributed by atoms with E-state index in [1.807, 2.05) is 19.1 Å². The standard InChI is InChI=1S/C34H48N2O6/c1-8-11-12-19-41-28-16-13-25(21-29(28)40-7)31-30(33(38)34(39)36(31)18-17-35(9-2)10-3)32(37)26-14-15-27(24(6)20-26)42-22-23(4)5/h13-16,20-21,23,31,37H,8-12,17-19,22H2,1-7H3/b32-30+. The number of likely N-dealkylation sites (tertiary alicyclic amines) is 1. The maximum atomic E-state index is 13.5. The summed E-state index contributed by atoms with van der Waals surface area (Å²) >= 11 is 0. The van der Waals surface area contributed by atoms with Crippen LogP contribution in [0.1, 0.15) is 76.6 Å². The summed E-state index contributed by atoms with van der Waals surface area (Å²) in [4.78, 5) is 30.8. The second-order valence-electron chi connectivity index (χ2n) is 11.2. The number of ether oxygens (including phenoxy) is 3. The maximum absolute atomic E-state index is 13.5. The van der Waals surface area contributed by atoms with E-state index < -0.39 is 17.7 Å². The highest BCUT2D eigenvalue weighted by Crippen LogP contribution is 2.42. The van der Waals surface area contributed by atoms with Crippen LogP contribution in [0.3, 0.4) is 0 Å². The van der Waals surface area contributed by atoms with E-state index in [0.717, 1.165) is 43.7 Å². The van der Waals surface area contributed by atoms with Crippen molar-refractivity contribution in [2.45, 2.75) is 66.8 Å². The number of methoxy groups -OCH3 is 1. The molecular weight excluding hydrogens is 532 g/mol. The van der Waals surface area contributed by atoms with Gasteiger partial charge in [-0.3, -0.25) is 9.59 Å². The van der Waals surface area contributed by atoms with Crippen molar-refractivity contribution < 1.29 is 28.9 Å². The van der Waals surface area contributed by atoms with E-state index in [2.05, 4.69) is 39.5 Å². The number of hydrogen-bond acceptors (Lipinski definition) is 7. The van der Waals surface area contributed by atoms with E-state index in [1.54, 1.807) is 36.3 Å². The second-order valence-corrected chi connectivity index (χ2v) is 11.2. The zero-order chi connectivity index (χ0) is 30.8. The molecule has 1 unspecified atom stereocenters. The average Bonchev–Trinajstić information content (AvgIpc) is 3.23. The fourth-order valence-electron chi connectivity index (χ4n) is 5.12. The second kappa shape index (κ2) is 15.6. The van der Waals surface area contributed by atoms with E-state index in [-0.39, 0.29) is 11.3 Å². The van der Waals surface area contributed by atoms with Crippen LogP contribution in [-0.4, -0.2) is 73.1 Å². The van der Waals surface area contributed by atoms with Gasteiger partial charge < -0.3 is 29.1 Å². The smallest absolute Gasteiger partial charge is 0.295 e. The largest absolute Gasteiger partial charge is 0.507 e. The molecule has 0 saturated carbocycles. The Bertz CT molecular complexity index is 1250. The monoisotopic (exact) mass is 580 g/mol. The number of likely N-dealkylation sites (N-methyl/N-ethyl adjacent to an activating group) is 1. The number of hydrogen-bond donors (Lipinski definition) is 1. The molecule has 0 radical (unpaired) electrons. The molecule has 42 heavy (non-hydrogen) atoms. The van der Waals surface area contributed by atoms with Crippen LogP contribution in [0.25, 0.3) is 5.76 Å². The van der Waals surface area contributed by atoms with Gasteiger partial charge >= 0.3 is 0 Å². The Kier molecular flexibility index (Phi) is 12.3. The van der Waals surface area contributed by atoms with Crippen LogP contribution >= 0.6 is 0 Å². The van der Waals surface area contributed by atoms with Crippen molar-refractivity contribution >= 4 is 17.4 Å². The summed E-state index contributed by atoms with van der Waals surface area (Å²) in [5.74, 6) is 0.674. The third kappa shape index (κ3) is 7.85. The van der Waals surface area contributed by atoms with Gasteiger partial charge in [0.2, 0.25) is 0 Å². The normalized spacial score (nSPS) is 16.5. The third-order valence-corrected chi connectivity index (χ3v) is 7.62. The zero-order valence-corrected chi connectivity index (χ0v) is 26.4. The third-order valence-electron chi connectivity index (χ3n) is 7.62. The maximum Gasteiger partial charge on any atom is 0.295 e. The molecule has 0 aliphatic carbocycles. The molecule has 1 aliphatic heterocycles. The molecule has 1 atom stereocenters. The van der Waals surface area contributed by atoms with Crippen molar-refractivity contribution in [3.63, 3.8) is 0 Å². The molecular formula is C34H48N2O6. The SMILES string of the molecule is CCCCCOc1ccc(C2/C(=C(\O)c3ccc(OCC(C)C)c(C)c3)C(=O)C(=O)N2CCN(CC)CC)cc1OC. The summed E-state index contributed by atoms with van der Waals surface area (Å²) in [7, 11) is 1.57. The van der Waals surface area contributed by atoms with Crippen LogP contribution in [0.15, 0.2) is 42.0 Å². The molecule has 1 fully saturated rings. The van der Waals surface area contributed by atoms with Crippen LogP contribution in [0.4, 0.5) is 0 Å². The first-order valence-corrected chi connectivity index (χ1v) is 15.2. The van der Waals surface area contributed by atoms with Gasteiger partial charge in [0.05, 0.1) is 31.9 Å². The zero-order valence-electron chi connectivity index (χ0n) is 26.4. The Morgan fingerprint density at radius 3 is 2.31 bits per heavy atom. The summed E-state index contributed by atoms with van der Waals surface area (Å²) in [6.07, 6.45) is 3.11. The van der Waals surface area contributed by atoms with Gasteiger partial charge in [-0.25, -0.2) is 0 Å². The fourth-order valence-corrected chi connectivity index (χ4v) is 5.12. The number of aliphatic hydroxyl groups excluding tert-OH is 1. The van der Waals surface area contributed by atoms with Crippen LogP contribution in [0.2, 0.25) is 0 Å². The molecule has 0 aromatic heterocycles. The number of carbonyl (C=O) groups is 2. The van der Waals surface area contributed by atoms with Gasteiger partial charge in [-0.2, -0.15) is 0 Å². The van der Waals surface area contributed by atoms with E-state index in [1.165, 1.54) is 0 Å². The number of aliphatic hydroxyl groups is 1. The Morgan fingerprint density at radius 1 is 0.976 bits per heavy atom. The number of benzene rings is 2. The van der Waals surface area contributed by atoms with Gasteiger partial charge in [0, 0.05) is 18.7 Å². The van der Waals surface area contributed by atoms with Crippen molar-refractivity contribution in [2.75, 3.05) is 46.5 Å². The van der Waals surface area contributed by atoms with E-state index in [9.17, 15) is 14.7 Å². The molecule has 3 rings (SSSR count). The number of aryl methyl sites for hydroxylation is 1. The highest BCUT2D eigenvalue weighted by atomic mass is 16.5. The Morgan fingerprint density at radius 2 is 1.69 bits per heavy atom. The summed E-state index contributed by atoms with van der Waals surface area (Å²) in [5, 5.41) is 11.6. The van der Waals surface area contributed by atoms with Crippen LogP contribution in [-0.2, 0) is 9.59 Å². The summed E-state index contributed by atoms with van der Waals surface area (Å²) in [6.45, 7) is 16.1. The minimum Gasteiger partial charge on any atom is -0.507 e. The van der Waals surface area contributed by atoms with Gasteiger partial charge in [-0.15, -0.1) is 0 Å². The number of ketones is 1. The molecule has 8 heteroatoms. The molecule has 2 aromatic rings. The summed E-state index contributed by atoms with van der Waals surface area (Å²) in [5.41, 5.74) is 2.02. The Hall–Kier alpha value is -3.52. The molecule has 8 nitrogen and oxygen atoms in total. The fraction of sp³-hybridized carbons (Fsp3) is 0.529. The van der Waals surface area contributed by atoms with Crippen LogP contribution < -0.4 is 14.2 Å². The molecule has 2 aromatic carbocycles. The molecule has 1 aliphatic rings. The average molecular weight is 581 g/mol. The molecule has 1 amide bonds. The van der Waals surface area contributed by atoms with Crippen LogP contribution in [0, 0.1) is 12.8 Å². The topological polar surface area (TPSA) is 88.5 Å². The van der Waals surface area contributed by atoms with Crippen molar-refractivity contribution in [3.8, 4) is 17.2 Å². The van der Waals surface area contributed by atoms with E-state index in [4.69, 9.17) is 14.2 Å². The quantitative estimate of drug-likeness (QED) is 0.107. The highest BCUT2D eigenvalue weighted by molar-refractivity contribution is 6.46. The lowest BCUT2D eigenvalue weighted by atomic mass is 9.94. The number of nitrogens with zero attached hydrogens (tertiary/aromatic N) is 2. The molecule has 0 spiro atoms. The van der Waals surface area contributed by atoms with Gasteiger partial charge in [0.1, 0.15) is 11.5 Å². The van der Waals surface area contributed by atoms with Crippen molar-refractivity contribution in [1.29, 1.82) is 0 Å². The van der Waals surface area contributed by atoms with E-state index >= 15 is 0 Å². The van der Waals surface area contributed by atoms with Gasteiger partial charge in [-0.05, 0) is 73.8 Å². The van der Waals surface area contributed by atoms with E-state index in [0.29, 0.717) is 54.8 Å². The van der Waals surface area contributed by atoms with Gasteiger partial charge in [0.15, 0.2) is 11.5 Å². The van der Waals surface area contributed by atoms with Crippen LogP contribution in [0.5, 0.6) is 17.2 Å². The lowest BCUT2D eigenvalue weighted by Crippen LogP contribution is -2.38. The summed E-state index contributed by atoms with van der Waals surface area (Å²) < 4.78 is 17.5. The minimum absolute atomic E-state index is 0.0634. The minimum atomic E-state index is -0.777. The highest BCUT2D eigenvalue weighted by Gasteiger charge is 2.46. The molecule has 1 saturated heterocycles. The molecule has 0 bridgehead atoms. The molecule has 1 heterocycles. The lowest BCUT2D eigenvalue weighted by Gasteiger charge is -2.28. The molecule has 1 N–H and O–H groups in total. The molecule has 230 valence electrons. The van der Waals surface area contributed by atoms with Crippen molar-refractivity contribution in [1.82, 2.24) is 9.80 Å². The number of unbranched alkanes of at least 4 members (excludes halogenated alkanes) is 2. The predicted octanol–water partition coefficient (Wildman–Crippen LogP) is 6.37. The van der Waals surface area contributed by atoms with Crippen molar-refractivity contribution in [3.05, 3.63) is 58.7 Å². The predicted molar refractivity (Wildman–Crippen MR) is 166 cm³/mol. The van der Waals surface area contributed by atoms with Gasteiger partial charge in [-0.1, -0.05) is 53.5 Å².